The molecule has 0 heterocycles. The molecule has 1 aliphatic rings. The Morgan fingerprint density at radius 3 is 2.58 bits per heavy atom. The van der Waals surface area contributed by atoms with Crippen LogP contribution in [0.3, 0.4) is 0 Å². The van der Waals surface area contributed by atoms with Gasteiger partial charge in [0.25, 0.3) is 0 Å². The molecule has 2 rings (SSSR count). The van der Waals surface area contributed by atoms with Gasteiger partial charge < -0.3 is 10.8 Å². The lowest BCUT2D eigenvalue weighted by Gasteiger charge is -2.36. The Balaban J connectivity index is 2.35. The first-order valence-corrected chi connectivity index (χ1v) is 7.58. The van der Waals surface area contributed by atoms with E-state index in [4.69, 9.17) is 10.8 Å². The number of rotatable bonds is 5. The van der Waals surface area contributed by atoms with E-state index in [-0.39, 0.29) is 29.8 Å². The van der Waals surface area contributed by atoms with Crippen LogP contribution in [0.1, 0.15) is 19.3 Å². The van der Waals surface area contributed by atoms with Crippen molar-refractivity contribution in [3.05, 3.63) is 24.0 Å². The summed E-state index contributed by atoms with van der Waals surface area (Å²) in [5.74, 6) is -0.642. The fraction of sp³-hybridized carbons (Fsp3) is 0.500. The maximum atomic E-state index is 13.1. The number of anilines is 1. The minimum atomic E-state index is -3.74. The predicted octanol–water partition coefficient (Wildman–Crippen LogP) is 0.943. The first-order chi connectivity index (χ1) is 8.96. The number of halogens is 1. The van der Waals surface area contributed by atoms with Gasteiger partial charge in [-0.1, -0.05) is 6.42 Å². The second-order valence-electron chi connectivity index (χ2n) is 4.61. The lowest BCUT2D eigenvalue weighted by atomic mass is 9.93. The minimum absolute atomic E-state index is 0.0354. The van der Waals surface area contributed by atoms with Crippen molar-refractivity contribution in [3.63, 3.8) is 0 Å². The number of hydrogen-bond acceptors (Lipinski definition) is 4. The van der Waals surface area contributed by atoms with Gasteiger partial charge in [0.2, 0.25) is 10.0 Å². The van der Waals surface area contributed by atoms with Crippen molar-refractivity contribution in [2.24, 2.45) is 0 Å². The van der Waals surface area contributed by atoms with Crippen LogP contribution in [0.2, 0.25) is 0 Å². The summed E-state index contributed by atoms with van der Waals surface area (Å²) in [6, 6.07) is 3.28. The highest BCUT2D eigenvalue weighted by molar-refractivity contribution is 7.89. The van der Waals surface area contributed by atoms with Gasteiger partial charge in [-0.25, -0.2) is 12.8 Å². The molecule has 1 saturated carbocycles. The van der Waals surface area contributed by atoms with E-state index in [1.807, 2.05) is 0 Å². The predicted molar refractivity (Wildman–Crippen MR) is 69.4 cm³/mol. The van der Waals surface area contributed by atoms with Crippen LogP contribution in [0.25, 0.3) is 0 Å². The topological polar surface area (TPSA) is 83.6 Å². The first-order valence-electron chi connectivity index (χ1n) is 6.14. The van der Waals surface area contributed by atoms with E-state index in [9.17, 15) is 12.8 Å². The highest BCUT2D eigenvalue weighted by atomic mass is 32.2. The third kappa shape index (κ3) is 2.72. The second kappa shape index (κ2) is 5.44. The Kier molecular flexibility index (Phi) is 4.07. The molecule has 1 aliphatic carbocycles. The van der Waals surface area contributed by atoms with Crippen LogP contribution in [0.15, 0.2) is 23.1 Å². The molecule has 1 aromatic carbocycles. The molecule has 7 heteroatoms. The van der Waals surface area contributed by atoms with E-state index in [1.54, 1.807) is 0 Å². The summed E-state index contributed by atoms with van der Waals surface area (Å²) >= 11 is 0. The van der Waals surface area contributed by atoms with Gasteiger partial charge in [0.15, 0.2) is 0 Å². The SMILES string of the molecule is Nc1cc(S(=O)(=O)N(CCO)C2CCC2)ccc1F. The molecule has 1 aromatic rings. The molecular formula is C12H17FN2O3S. The van der Waals surface area contributed by atoms with Crippen LogP contribution in [0.5, 0.6) is 0 Å². The zero-order valence-corrected chi connectivity index (χ0v) is 11.2. The normalized spacial score (nSPS) is 16.6. The highest BCUT2D eigenvalue weighted by Crippen LogP contribution is 2.30. The first kappa shape index (κ1) is 14.2. The molecule has 1 fully saturated rings. The maximum absolute atomic E-state index is 13.1. The van der Waals surface area contributed by atoms with Crippen molar-refractivity contribution in [1.29, 1.82) is 0 Å². The van der Waals surface area contributed by atoms with E-state index in [1.165, 1.54) is 10.4 Å². The quantitative estimate of drug-likeness (QED) is 0.790. The Morgan fingerprint density at radius 2 is 2.11 bits per heavy atom. The summed E-state index contributed by atoms with van der Waals surface area (Å²) in [4.78, 5) is -0.0354. The molecule has 0 aliphatic heterocycles. The van der Waals surface area contributed by atoms with E-state index in [0.29, 0.717) is 0 Å². The van der Waals surface area contributed by atoms with Crippen LogP contribution < -0.4 is 5.73 Å². The van der Waals surface area contributed by atoms with Gasteiger partial charge in [0.05, 0.1) is 17.2 Å². The summed E-state index contributed by atoms with van der Waals surface area (Å²) in [6.45, 7) is -0.198. The molecule has 0 bridgehead atoms. The fourth-order valence-corrected chi connectivity index (χ4v) is 3.80. The summed E-state index contributed by atoms with van der Waals surface area (Å²) in [5, 5.41) is 9.02. The molecule has 106 valence electrons. The van der Waals surface area contributed by atoms with Gasteiger partial charge >= 0.3 is 0 Å². The number of nitrogens with zero attached hydrogens (tertiary/aromatic N) is 1. The van der Waals surface area contributed by atoms with Gasteiger partial charge in [-0.15, -0.1) is 0 Å². The molecule has 19 heavy (non-hydrogen) atoms. The van der Waals surface area contributed by atoms with Gasteiger partial charge in [-0.05, 0) is 31.0 Å². The minimum Gasteiger partial charge on any atom is -0.396 e. The van der Waals surface area contributed by atoms with Crippen LogP contribution in [0, 0.1) is 5.82 Å². The Bertz CT molecular complexity index is 558. The van der Waals surface area contributed by atoms with Crippen molar-refractivity contribution < 1.29 is 17.9 Å². The van der Waals surface area contributed by atoms with Crippen LogP contribution in [-0.2, 0) is 10.0 Å². The zero-order valence-electron chi connectivity index (χ0n) is 10.4. The Morgan fingerprint density at radius 1 is 1.42 bits per heavy atom. The number of aliphatic hydroxyl groups excluding tert-OH is 1. The molecule has 0 saturated heterocycles. The van der Waals surface area contributed by atoms with Gasteiger partial charge in [-0.3, -0.25) is 0 Å². The van der Waals surface area contributed by atoms with Crippen LogP contribution in [-0.4, -0.2) is 37.0 Å². The number of benzene rings is 1. The Labute approximate surface area is 111 Å². The van der Waals surface area contributed by atoms with E-state index >= 15 is 0 Å². The monoisotopic (exact) mass is 288 g/mol. The van der Waals surface area contributed by atoms with Crippen molar-refractivity contribution in [2.75, 3.05) is 18.9 Å². The number of aliphatic hydroxyl groups is 1. The molecule has 0 aromatic heterocycles. The van der Waals surface area contributed by atoms with Crippen molar-refractivity contribution >= 4 is 15.7 Å². The average molecular weight is 288 g/mol. The third-order valence-electron chi connectivity index (χ3n) is 3.38. The van der Waals surface area contributed by atoms with E-state index < -0.39 is 15.8 Å². The van der Waals surface area contributed by atoms with Gasteiger partial charge in [0, 0.05) is 12.6 Å². The second-order valence-corrected chi connectivity index (χ2v) is 6.50. The molecular weight excluding hydrogens is 271 g/mol. The lowest BCUT2D eigenvalue weighted by Crippen LogP contribution is -2.45. The largest absolute Gasteiger partial charge is 0.396 e. The van der Waals surface area contributed by atoms with E-state index in [0.717, 1.165) is 31.4 Å². The van der Waals surface area contributed by atoms with Crippen molar-refractivity contribution in [2.45, 2.75) is 30.2 Å². The smallest absolute Gasteiger partial charge is 0.243 e. The number of nitrogen functional groups attached to an aromatic ring is 1. The van der Waals surface area contributed by atoms with Crippen LogP contribution in [0.4, 0.5) is 10.1 Å². The van der Waals surface area contributed by atoms with E-state index in [2.05, 4.69) is 0 Å². The van der Waals surface area contributed by atoms with Gasteiger partial charge in [0.1, 0.15) is 5.82 Å². The molecule has 0 amide bonds. The number of sulfonamides is 1. The highest BCUT2D eigenvalue weighted by Gasteiger charge is 2.34. The Hall–Kier alpha value is -1.18. The molecule has 0 radical (unpaired) electrons. The fourth-order valence-electron chi connectivity index (χ4n) is 2.09. The van der Waals surface area contributed by atoms with Crippen LogP contribution >= 0.6 is 0 Å². The summed E-state index contributed by atoms with van der Waals surface area (Å²) < 4.78 is 39.3. The average Bonchev–Trinajstić information content (AvgIpc) is 2.29. The lowest BCUT2D eigenvalue weighted by molar-refractivity contribution is 0.178. The maximum Gasteiger partial charge on any atom is 0.243 e. The molecule has 0 spiro atoms. The molecule has 3 N–H and O–H groups in total. The third-order valence-corrected chi connectivity index (χ3v) is 5.32. The van der Waals surface area contributed by atoms with Crippen molar-refractivity contribution in [1.82, 2.24) is 4.31 Å². The molecule has 0 atom stereocenters. The van der Waals surface area contributed by atoms with Crippen molar-refractivity contribution in [3.8, 4) is 0 Å². The zero-order chi connectivity index (χ0) is 14.0. The number of hydrogen-bond donors (Lipinski definition) is 2. The summed E-state index contributed by atoms with van der Waals surface area (Å²) in [5.41, 5.74) is 5.21. The molecule has 0 unspecified atom stereocenters. The van der Waals surface area contributed by atoms with Gasteiger partial charge in [-0.2, -0.15) is 4.31 Å². The summed E-state index contributed by atoms with van der Waals surface area (Å²) in [7, 11) is -3.74. The number of nitrogens with two attached hydrogens (primary N) is 1. The molecule has 5 nitrogen and oxygen atoms in total. The summed E-state index contributed by atoms with van der Waals surface area (Å²) in [6.07, 6.45) is 2.56. The standard InChI is InChI=1S/C12H17FN2O3S/c13-11-5-4-10(8-12(11)14)19(17,18)15(6-7-16)9-2-1-3-9/h4-5,8-9,16H,1-3,6-7,14H2.